The summed E-state index contributed by atoms with van der Waals surface area (Å²) in [6, 6.07) is 2.07. The van der Waals surface area contributed by atoms with Crippen molar-refractivity contribution in [1.82, 2.24) is 0 Å². The third kappa shape index (κ3) is 2.08. The van der Waals surface area contributed by atoms with Crippen LogP contribution in [0.3, 0.4) is 0 Å². The molecule has 0 radical (unpaired) electrons. The lowest BCUT2D eigenvalue weighted by Gasteiger charge is -2.31. The van der Waals surface area contributed by atoms with Gasteiger partial charge in [-0.15, -0.1) is 0 Å². The minimum atomic E-state index is -0.538. The van der Waals surface area contributed by atoms with Crippen molar-refractivity contribution in [3.8, 4) is 5.75 Å². The number of rotatable bonds is 3. The van der Waals surface area contributed by atoms with E-state index < -0.39 is 11.0 Å². The first kappa shape index (κ1) is 12.1. The molecule has 1 aliphatic rings. The second-order valence-corrected chi connectivity index (χ2v) is 4.71. The summed E-state index contributed by atoms with van der Waals surface area (Å²) >= 11 is 5.77. The van der Waals surface area contributed by atoms with Crippen molar-refractivity contribution in [3.63, 3.8) is 0 Å². The van der Waals surface area contributed by atoms with E-state index in [4.69, 9.17) is 17.3 Å². The fourth-order valence-electron chi connectivity index (χ4n) is 2.09. The number of benzene rings is 1. The maximum absolute atomic E-state index is 10.9. The Hall–Kier alpha value is -1.33. The molecule has 0 unspecified atom stereocenters. The van der Waals surface area contributed by atoms with Crippen molar-refractivity contribution in [3.05, 3.63) is 32.8 Å². The molecule has 92 valence electrons. The highest BCUT2D eigenvalue weighted by atomic mass is 35.5. The number of phenolic OH excluding ortho intramolecular Hbond substituents is 1. The van der Waals surface area contributed by atoms with Crippen molar-refractivity contribution < 1.29 is 10.0 Å². The first-order valence-electron chi connectivity index (χ1n) is 5.43. The molecule has 0 aromatic heterocycles. The lowest BCUT2D eigenvalue weighted by atomic mass is 9.77. The number of nitro benzene ring substituents is 1. The fourth-order valence-corrected chi connectivity index (χ4v) is 2.26. The normalized spacial score (nSPS) is 17.5. The second-order valence-electron chi connectivity index (χ2n) is 4.30. The van der Waals surface area contributed by atoms with Crippen LogP contribution in [0.1, 0.15) is 30.9 Å². The lowest BCUT2D eigenvalue weighted by Crippen LogP contribution is -2.27. The minimum Gasteiger partial charge on any atom is -0.506 e. The van der Waals surface area contributed by atoms with E-state index in [2.05, 4.69) is 0 Å². The summed E-state index contributed by atoms with van der Waals surface area (Å²) in [5, 5.41) is 20.9. The van der Waals surface area contributed by atoms with Gasteiger partial charge in [0.05, 0.1) is 15.5 Å². The molecule has 0 bridgehead atoms. The third-order valence-corrected chi connectivity index (χ3v) is 3.64. The van der Waals surface area contributed by atoms with Gasteiger partial charge in [-0.3, -0.25) is 10.1 Å². The fraction of sp³-hybridized carbons (Fsp3) is 0.455. The van der Waals surface area contributed by atoms with Crippen molar-refractivity contribution in [1.29, 1.82) is 0 Å². The molecule has 0 heterocycles. The summed E-state index contributed by atoms with van der Waals surface area (Å²) in [7, 11) is 0. The largest absolute Gasteiger partial charge is 0.506 e. The Morgan fingerprint density at radius 1 is 1.53 bits per heavy atom. The molecule has 6 heteroatoms. The van der Waals surface area contributed by atoms with Gasteiger partial charge in [-0.05, 0) is 24.8 Å². The molecule has 1 aromatic carbocycles. The molecule has 3 N–H and O–H groups in total. The van der Waals surface area contributed by atoms with Crippen LogP contribution in [0.2, 0.25) is 5.02 Å². The summed E-state index contributed by atoms with van der Waals surface area (Å²) in [5.74, 6) is -0.0710. The van der Waals surface area contributed by atoms with E-state index in [0.717, 1.165) is 19.3 Å². The van der Waals surface area contributed by atoms with E-state index in [1.165, 1.54) is 12.1 Å². The number of phenols is 1. The van der Waals surface area contributed by atoms with Gasteiger partial charge >= 0.3 is 0 Å². The number of aromatic hydroxyl groups is 1. The molecule has 0 aliphatic heterocycles. The van der Waals surface area contributed by atoms with Crippen molar-refractivity contribution in [2.75, 3.05) is 0 Å². The van der Waals surface area contributed by atoms with Crippen LogP contribution in [0, 0.1) is 16.0 Å². The summed E-state index contributed by atoms with van der Waals surface area (Å²) in [4.78, 5) is 10.4. The number of nitrogens with zero attached hydrogens (tertiary/aromatic N) is 1. The van der Waals surface area contributed by atoms with Gasteiger partial charge in [-0.1, -0.05) is 18.0 Å². The lowest BCUT2D eigenvalue weighted by molar-refractivity contribution is -0.385. The highest BCUT2D eigenvalue weighted by Crippen LogP contribution is 2.44. The Labute approximate surface area is 103 Å². The quantitative estimate of drug-likeness (QED) is 0.643. The Balaban J connectivity index is 2.48. The molecular formula is C11H13ClN2O3. The molecule has 1 aromatic rings. The zero-order chi connectivity index (χ0) is 12.6. The van der Waals surface area contributed by atoms with Gasteiger partial charge in [0.25, 0.3) is 5.69 Å². The Kier molecular flexibility index (Phi) is 3.22. The number of hydrogen-bond acceptors (Lipinski definition) is 4. The van der Waals surface area contributed by atoms with Gasteiger partial charge in [0.15, 0.2) is 0 Å². The van der Waals surface area contributed by atoms with Gasteiger partial charge in [-0.2, -0.15) is 0 Å². The summed E-state index contributed by atoms with van der Waals surface area (Å²) in [6.07, 6.45) is 2.95. The smallest absolute Gasteiger partial charge is 0.278 e. The van der Waals surface area contributed by atoms with E-state index in [1.807, 2.05) is 0 Å². The van der Waals surface area contributed by atoms with Crippen LogP contribution in [0.4, 0.5) is 5.69 Å². The van der Waals surface area contributed by atoms with Gasteiger partial charge in [-0.25, -0.2) is 0 Å². The van der Waals surface area contributed by atoms with E-state index in [-0.39, 0.29) is 27.9 Å². The molecular weight excluding hydrogens is 244 g/mol. The molecule has 1 atom stereocenters. The summed E-state index contributed by atoms with van der Waals surface area (Å²) in [5.41, 5.74) is 5.98. The zero-order valence-electron chi connectivity index (χ0n) is 9.10. The first-order valence-corrected chi connectivity index (χ1v) is 5.81. The maximum Gasteiger partial charge on any atom is 0.278 e. The van der Waals surface area contributed by atoms with E-state index in [0.29, 0.717) is 0 Å². The van der Waals surface area contributed by atoms with Crippen LogP contribution >= 0.6 is 11.6 Å². The van der Waals surface area contributed by atoms with Crippen LogP contribution in [-0.4, -0.2) is 10.0 Å². The molecule has 17 heavy (non-hydrogen) atoms. The van der Waals surface area contributed by atoms with Gasteiger partial charge in [0.1, 0.15) is 5.75 Å². The molecule has 0 saturated heterocycles. The van der Waals surface area contributed by atoms with Crippen LogP contribution in [0.25, 0.3) is 0 Å². The average Bonchev–Trinajstić information content (AvgIpc) is 2.18. The highest BCUT2D eigenvalue weighted by Gasteiger charge is 2.33. The Bertz CT molecular complexity index is 460. The summed E-state index contributed by atoms with van der Waals surface area (Å²) in [6.45, 7) is 0. The SMILES string of the molecule is N[C@H](c1c([N+](=O)[O-])ccc(Cl)c1O)C1CCC1. The molecule has 1 saturated carbocycles. The van der Waals surface area contributed by atoms with Crippen molar-refractivity contribution >= 4 is 17.3 Å². The average molecular weight is 257 g/mol. The minimum absolute atomic E-state index is 0.0976. The van der Waals surface area contributed by atoms with Crippen LogP contribution in [0.5, 0.6) is 5.75 Å². The number of hydrogen-bond donors (Lipinski definition) is 2. The monoisotopic (exact) mass is 256 g/mol. The van der Waals surface area contributed by atoms with Gasteiger partial charge < -0.3 is 10.8 Å². The van der Waals surface area contributed by atoms with Crippen molar-refractivity contribution in [2.45, 2.75) is 25.3 Å². The maximum atomic E-state index is 10.9. The van der Waals surface area contributed by atoms with Crippen molar-refractivity contribution in [2.24, 2.45) is 11.7 Å². The number of nitro groups is 1. The van der Waals surface area contributed by atoms with Crippen LogP contribution in [0.15, 0.2) is 12.1 Å². The zero-order valence-corrected chi connectivity index (χ0v) is 9.85. The third-order valence-electron chi connectivity index (χ3n) is 3.33. The first-order chi connectivity index (χ1) is 8.02. The predicted octanol–water partition coefficient (Wildman–Crippen LogP) is 2.75. The van der Waals surface area contributed by atoms with E-state index >= 15 is 0 Å². The molecule has 2 rings (SSSR count). The van der Waals surface area contributed by atoms with Gasteiger partial charge in [0.2, 0.25) is 0 Å². The predicted molar refractivity (Wildman–Crippen MR) is 64.0 cm³/mol. The summed E-state index contributed by atoms with van der Waals surface area (Å²) < 4.78 is 0. The van der Waals surface area contributed by atoms with E-state index in [9.17, 15) is 15.2 Å². The number of nitrogens with two attached hydrogens (primary N) is 1. The molecule has 0 spiro atoms. The second kappa shape index (κ2) is 4.50. The topological polar surface area (TPSA) is 89.4 Å². The molecule has 1 fully saturated rings. The molecule has 0 amide bonds. The molecule has 5 nitrogen and oxygen atoms in total. The Morgan fingerprint density at radius 3 is 2.65 bits per heavy atom. The van der Waals surface area contributed by atoms with Crippen LogP contribution in [-0.2, 0) is 0 Å². The Morgan fingerprint density at radius 2 is 2.18 bits per heavy atom. The standard InChI is InChI=1S/C11H13ClN2O3/c12-7-4-5-8(14(16)17)9(11(7)15)10(13)6-2-1-3-6/h4-6,10,15H,1-3,13H2/t10-/m0/s1. The molecule has 1 aliphatic carbocycles. The van der Waals surface area contributed by atoms with E-state index in [1.54, 1.807) is 0 Å². The number of halogens is 1. The highest BCUT2D eigenvalue weighted by molar-refractivity contribution is 6.32. The van der Waals surface area contributed by atoms with Gasteiger partial charge in [0, 0.05) is 12.1 Å². The van der Waals surface area contributed by atoms with Crippen LogP contribution < -0.4 is 5.73 Å².